The van der Waals surface area contributed by atoms with E-state index in [1.165, 1.54) is 0 Å². The van der Waals surface area contributed by atoms with Gasteiger partial charge in [0.2, 0.25) is 5.76 Å². The predicted octanol–water partition coefficient (Wildman–Crippen LogP) is 0.773. The highest BCUT2D eigenvalue weighted by molar-refractivity contribution is 5.92. The second kappa shape index (κ2) is 4.65. The summed E-state index contributed by atoms with van der Waals surface area (Å²) in [4.78, 5) is 16.0. The monoisotopic (exact) mass is 223 g/mol. The highest BCUT2D eigenvalue weighted by atomic mass is 16.4. The van der Waals surface area contributed by atoms with Gasteiger partial charge in [0.25, 0.3) is 5.91 Å². The number of nitrogens with zero attached hydrogens (tertiary/aromatic N) is 1. The number of aromatic nitrogens is 1. The van der Waals surface area contributed by atoms with Gasteiger partial charge in [0, 0.05) is 19.5 Å². The molecule has 1 fully saturated rings. The molecule has 0 bridgehead atoms. The lowest BCUT2D eigenvalue weighted by atomic mass is 10.1. The van der Waals surface area contributed by atoms with Gasteiger partial charge in [0.05, 0.1) is 5.69 Å². The first kappa shape index (κ1) is 11.1. The van der Waals surface area contributed by atoms with Gasteiger partial charge in [0.15, 0.2) is 5.89 Å². The van der Waals surface area contributed by atoms with Crippen LogP contribution in [0.4, 0.5) is 0 Å². The van der Waals surface area contributed by atoms with Crippen LogP contribution in [0, 0.1) is 13.8 Å². The van der Waals surface area contributed by atoms with Gasteiger partial charge in [-0.1, -0.05) is 0 Å². The number of carbonyl (C=O) groups excluding carboxylic acids is 1. The number of nitrogens with one attached hydrogen (secondary N) is 2. The van der Waals surface area contributed by atoms with Crippen LogP contribution in [0.5, 0.6) is 0 Å². The zero-order chi connectivity index (χ0) is 11.5. The van der Waals surface area contributed by atoms with Crippen LogP contribution >= 0.6 is 0 Å². The minimum atomic E-state index is -0.160. The Hall–Kier alpha value is -1.36. The van der Waals surface area contributed by atoms with Crippen molar-refractivity contribution in [1.82, 2.24) is 15.6 Å². The van der Waals surface area contributed by atoms with Crippen LogP contribution in [0.1, 0.15) is 35.0 Å². The molecule has 1 atom stereocenters. The number of aryl methyl sites for hydroxylation is 2. The molecule has 5 nitrogen and oxygen atoms in total. The molecule has 1 amide bonds. The number of oxazole rings is 1. The molecule has 0 aliphatic carbocycles. The van der Waals surface area contributed by atoms with E-state index in [2.05, 4.69) is 15.6 Å². The van der Waals surface area contributed by atoms with E-state index in [4.69, 9.17) is 4.42 Å². The summed E-state index contributed by atoms with van der Waals surface area (Å²) in [6, 6.07) is 0.200. The molecule has 0 aromatic carbocycles. The zero-order valence-corrected chi connectivity index (χ0v) is 9.67. The van der Waals surface area contributed by atoms with Gasteiger partial charge < -0.3 is 15.1 Å². The average molecular weight is 223 g/mol. The number of carbonyl (C=O) groups is 1. The standard InChI is InChI=1S/C11H17N3O2/c1-7-10(16-8(2)13-7)11(15)14-9-4-3-5-12-6-9/h9,12H,3-6H2,1-2H3,(H,14,15)/t9-/m1/s1. The number of hydrogen-bond donors (Lipinski definition) is 2. The maximum Gasteiger partial charge on any atom is 0.289 e. The Bertz CT molecular complexity index is 381. The smallest absolute Gasteiger partial charge is 0.289 e. The Morgan fingerprint density at radius 1 is 1.56 bits per heavy atom. The Morgan fingerprint density at radius 3 is 2.94 bits per heavy atom. The Balaban J connectivity index is 1.99. The second-order valence-corrected chi connectivity index (χ2v) is 4.16. The van der Waals surface area contributed by atoms with Gasteiger partial charge in [-0.15, -0.1) is 0 Å². The Labute approximate surface area is 94.6 Å². The van der Waals surface area contributed by atoms with Crippen molar-refractivity contribution < 1.29 is 9.21 Å². The molecule has 1 aromatic heterocycles. The summed E-state index contributed by atoms with van der Waals surface area (Å²) >= 11 is 0. The molecule has 0 saturated carbocycles. The summed E-state index contributed by atoms with van der Waals surface area (Å²) in [6.45, 7) is 5.39. The van der Waals surface area contributed by atoms with Crippen molar-refractivity contribution in [3.8, 4) is 0 Å². The third kappa shape index (κ3) is 2.41. The van der Waals surface area contributed by atoms with E-state index >= 15 is 0 Å². The second-order valence-electron chi connectivity index (χ2n) is 4.16. The summed E-state index contributed by atoms with van der Waals surface area (Å²) < 4.78 is 5.27. The van der Waals surface area contributed by atoms with E-state index < -0.39 is 0 Å². The molecule has 16 heavy (non-hydrogen) atoms. The lowest BCUT2D eigenvalue weighted by Gasteiger charge is -2.23. The molecule has 0 spiro atoms. The van der Waals surface area contributed by atoms with Crippen molar-refractivity contribution in [1.29, 1.82) is 0 Å². The first-order chi connectivity index (χ1) is 7.66. The number of rotatable bonds is 2. The number of piperidine rings is 1. The van der Waals surface area contributed by atoms with Gasteiger partial charge in [0.1, 0.15) is 0 Å². The largest absolute Gasteiger partial charge is 0.436 e. The SMILES string of the molecule is Cc1nc(C)c(C(=O)N[C@@H]2CCCNC2)o1. The van der Waals surface area contributed by atoms with Crippen LogP contribution in [0.3, 0.4) is 0 Å². The van der Waals surface area contributed by atoms with Crippen LogP contribution < -0.4 is 10.6 Å². The summed E-state index contributed by atoms with van der Waals surface area (Å²) in [5, 5.41) is 6.20. The van der Waals surface area contributed by atoms with Gasteiger partial charge >= 0.3 is 0 Å². The van der Waals surface area contributed by atoms with Crippen molar-refractivity contribution in [2.45, 2.75) is 32.7 Å². The first-order valence-electron chi connectivity index (χ1n) is 5.62. The molecule has 1 aliphatic heterocycles. The minimum Gasteiger partial charge on any atom is -0.436 e. The van der Waals surface area contributed by atoms with E-state index in [1.54, 1.807) is 13.8 Å². The van der Waals surface area contributed by atoms with Crippen molar-refractivity contribution in [2.75, 3.05) is 13.1 Å². The molecule has 2 N–H and O–H groups in total. The lowest BCUT2D eigenvalue weighted by molar-refractivity contribution is 0.0900. The van der Waals surface area contributed by atoms with Crippen LogP contribution in [-0.2, 0) is 0 Å². The van der Waals surface area contributed by atoms with E-state index in [0.717, 1.165) is 25.9 Å². The molecular weight excluding hydrogens is 206 g/mol. The molecule has 0 unspecified atom stereocenters. The number of amides is 1. The molecule has 1 aromatic rings. The molecule has 1 aliphatic rings. The molecule has 88 valence electrons. The van der Waals surface area contributed by atoms with Crippen molar-refractivity contribution in [3.05, 3.63) is 17.3 Å². The maximum atomic E-state index is 11.9. The van der Waals surface area contributed by atoms with E-state index in [9.17, 15) is 4.79 Å². The highest BCUT2D eigenvalue weighted by Crippen LogP contribution is 2.10. The summed E-state index contributed by atoms with van der Waals surface area (Å²) in [7, 11) is 0. The van der Waals surface area contributed by atoms with E-state index in [1.807, 2.05) is 0 Å². The molecule has 1 saturated heterocycles. The van der Waals surface area contributed by atoms with Crippen LogP contribution in [0.25, 0.3) is 0 Å². The molecule has 2 heterocycles. The lowest BCUT2D eigenvalue weighted by Crippen LogP contribution is -2.45. The van der Waals surface area contributed by atoms with Gasteiger partial charge in [-0.05, 0) is 26.3 Å². The predicted molar refractivity (Wildman–Crippen MR) is 59.3 cm³/mol. The van der Waals surface area contributed by atoms with Gasteiger partial charge in [-0.3, -0.25) is 4.79 Å². The third-order valence-corrected chi connectivity index (χ3v) is 2.74. The number of hydrogen-bond acceptors (Lipinski definition) is 4. The fourth-order valence-corrected chi connectivity index (χ4v) is 1.97. The van der Waals surface area contributed by atoms with Crippen LogP contribution in [-0.4, -0.2) is 30.0 Å². The van der Waals surface area contributed by atoms with Gasteiger partial charge in [-0.2, -0.15) is 0 Å². The molecule has 2 rings (SSSR count). The van der Waals surface area contributed by atoms with E-state index in [-0.39, 0.29) is 11.9 Å². The topological polar surface area (TPSA) is 67.2 Å². The maximum absolute atomic E-state index is 11.9. The quantitative estimate of drug-likeness (QED) is 0.777. The van der Waals surface area contributed by atoms with Crippen LogP contribution in [0.15, 0.2) is 4.42 Å². The average Bonchev–Trinajstić information content (AvgIpc) is 2.59. The fraction of sp³-hybridized carbons (Fsp3) is 0.636. The van der Waals surface area contributed by atoms with Crippen LogP contribution in [0.2, 0.25) is 0 Å². The fourth-order valence-electron chi connectivity index (χ4n) is 1.97. The molecule has 5 heteroatoms. The molecular formula is C11H17N3O2. The summed E-state index contributed by atoms with van der Waals surface area (Å²) in [5.74, 6) is 0.708. The Kier molecular flexibility index (Phi) is 3.24. The summed E-state index contributed by atoms with van der Waals surface area (Å²) in [6.07, 6.45) is 2.12. The molecule has 0 radical (unpaired) electrons. The van der Waals surface area contributed by atoms with Gasteiger partial charge in [-0.25, -0.2) is 4.98 Å². The van der Waals surface area contributed by atoms with Crippen molar-refractivity contribution in [3.63, 3.8) is 0 Å². The van der Waals surface area contributed by atoms with Crippen molar-refractivity contribution in [2.24, 2.45) is 0 Å². The van der Waals surface area contributed by atoms with E-state index in [0.29, 0.717) is 17.3 Å². The van der Waals surface area contributed by atoms with Crippen molar-refractivity contribution >= 4 is 5.91 Å². The summed E-state index contributed by atoms with van der Waals surface area (Å²) in [5.41, 5.74) is 0.652. The highest BCUT2D eigenvalue weighted by Gasteiger charge is 2.20. The zero-order valence-electron chi connectivity index (χ0n) is 9.67. The third-order valence-electron chi connectivity index (χ3n) is 2.74. The minimum absolute atomic E-state index is 0.160. The Morgan fingerprint density at radius 2 is 2.38 bits per heavy atom. The first-order valence-corrected chi connectivity index (χ1v) is 5.62. The normalized spacial score (nSPS) is 20.8.